The van der Waals surface area contributed by atoms with Gasteiger partial charge in [-0.3, -0.25) is 9.69 Å². The standard InChI is InChI=1S/C16H23BrN2O2/c1-16(2,3)21-15(20)12-18-7-9-19(10-8-18)14-6-4-5-13(17)11-14/h4-6,11H,7-10,12H2,1-3H3. The topological polar surface area (TPSA) is 32.8 Å². The summed E-state index contributed by atoms with van der Waals surface area (Å²) < 4.78 is 6.46. The molecule has 1 aromatic carbocycles. The molecule has 1 fully saturated rings. The summed E-state index contributed by atoms with van der Waals surface area (Å²) >= 11 is 3.50. The van der Waals surface area contributed by atoms with Crippen LogP contribution < -0.4 is 4.90 Å². The van der Waals surface area contributed by atoms with Crippen molar-refractivity contribution < 1.29 is 9.53 Å². The molecule has 0 radical (unpaired) electrons. The van der Waals surface area contributed by atoms with E-state index in [2.05, 4.69) is 37.9 Å². The van der Waals surface area contributed by atoms with Crippen molar-refractivity contribution in [3.63, 3.8) is 0 Å². The smallest absolute Gasteiger partial charge is 0.320 e. The molecular formula is C16H23BrN2O2. The van der Waals surface area contributed by atoms with Gasteiger partial charge in [0.2, 0.25) is 0 Å². The Balaban J connectivity index is 1.82. The fraction of sp³-hybridized carbons (Fsp3) is 0.562. The molecule has 1 aromatic rings. The van der Waals surface area contributed by atoms with Crippen molar-refractivity contribution >= 4 is 27.6 Å². The minimum Gasteiger partial charge on any atom is -0.459 e. The first-order chi connectivity index (χ1) is 9.83. The van der Waals surface area contributed by atoms with E-state index in [-0.39, 0.29) is 5.97 Å². The van der Waals surface area contributed by atoms with Gasteiger partial charge >= 0.3 is 5.97 Å². The van der Waals surface area contributed by atoms with Crippen molar-refractivity contribution in [3.8, 4) is 0 Å². The first-order valence-corrected chi connectivity index (χ1v) is 8.07. The van der Waals surface area contributed by atoms with Gasteiger partial charge in [-0.25, -0.2) is 0 Å². The second kappa shape index (κ2) is 6.79. The molecule has 2 rings (SSSR count). The van der Waals surface area contributed by atoms with Crippen LogP contribution in [0.25, 0.3) is 0 Å². The Kier molecular flexibility index (Phi) is 5.27. The lowest BCUT2D eigenvalue weighted by molar-refractivity contribution is -0.156. The van der Waals surface area contributed by atoms with E-state index in [1.165, 1.54) is 5.69 Å². The average Bonchev–Trinajstić information content (AvgIpc) is 2.37. The van der Waals surface area contributed by atoms with E-state index in [1.54, 1.807) is 0 Å². The highest BCUT2D eigenvalue weighted by molar-refractivity contribution is 9.10. The predicted octanol–water partition coefficient (Wildman–Crippen LogP) is 2.91. The van der Waals surface area contributed by atoms with Crippen molar-refractivity contribution in [3.05, 3.63) is 28.7 Å². The van der Waals surface area contributed by atoms with Crippen molar-refractivity contribution in [1.29, 1.82) is 0 Å². The van der Waals surface area contributed by atoms with Gasteiger partial charge < -0.3 is 9.64 Å². The normalized spacial score (nSPS) is 16.9. The summed E-state index contributed by atoms with van der Waals surface area (Å²) in [6.45, 7) is 9.70. The van der Waals surface area contributed by atoms with Crippen LogP contribution in [0.4, 0.5) is 5.69 Å². The van der Waals surface area contributed by atoms with Crippen molar-refractivity contribution in [2.45, 2.75) is 26.4 Å². The lowest BCUT2D eigenvalue weighted by Gasteiger charge is -2.36. The number of ether oxygens (including phenoxy) is 1. The third-order valence-corrected chi connectivity index (χ3v) is 3.81. The molecule has 0 unspecified atom stereocenters. The first kappa shape index (κ1) is 16.3. The van der Waals surface area contributed by atoms with E-state index >= 15 is 0 Å². The van der Waals surface area contributed by atoms with Crippen LogP contribution in [-0.2, 0) is 9.53 Å². The third-order valence-electron chi connectivity index (χ3n) is 3.32. The zero-order valence-electron chi connectivity index (χ0n) is 12.9. The SMILES string of the molecule is CC(C)(C)OC(=O)CN1CCN(c2cccc(Br)c2)CC1. The molecule has 1 aliphatic rings. The number of carbonyl (C=O) groups excluding carboxylic acids is 1. The molecule has 0 aliphatic carbocycles. The minimum absolute atomic E-state index is 0.140. The second-order valence-corrected chi connectivity index (χ2v) is 7.25. The third kappa shape index (κ3) is 5.32. The fourth-order valence-corrected chi connectivity index (χ4v) is 2.78. The number of piperazine rings is 1. The zero-order valence-corrected chi connectivity index (χ0v) is 14.5. The van der Waals surface area contributed by atoms with Crippen LogP contribution in [0.15, 0.2) is 28.7 Å². The molecule has 0 N–H and O–H groups in total. The lowest BCUT2D eigenvalue weighted by Crippen LogP contribution is -2.48. The molecule has 0 amide bonds. The molecule has 0 aromatic heterocycles. The number of esters is 1. The Morgan fingerprint density at radius 3 is 2.48 bits per heavy atom. The van der Waals surface area contributed by atoms with E-state index in [1.807, 2.05) is 32.9 Å². The zero-order chi connectivity index (χ0) is 15.5. The fourth-order valence-electron chi connectivity index (χ4n) is 2.39. The first-order valence-electron chi connectivity index (χ1n) is 7.28. The maximum atomic E-state index is 11.8. The summed E-state index contributed by atoms with van der Waals surface area (Å²) in [4.78, 5) is 16.3. The van der Waals surface area contributed by atoms with Gasteiger partial charge in [0.25, 0.3) is 0 Å². The maximum Gasteiger partial charge on any atom is 0.320 e. The van der Waals surface area contributed by atoms with Gasteiger partial charge in [0.05, 0.1) is 6.54 Å². The average molecular weight is 355 g/mol. The maximum absolute atomic E-state index is 11.8. The number of rotatable bonds is 3. The summed E-state index contributed by atoms with van der Waals surface area (Å²) in [6.07, 6.45) is 0. The number of halogens is 1. The number of anilines is 1. The Morgan fingerprint density at radius 2 is 1.90 bits per heavy atom. The molecular weight excluding hydrogens is 332 g/mol. The molecule has 4 nitrogen and oxygen atoms in total. The van der Waals surface area contributed by atoms with E-state index in [0.717, 1.165) is 30.7 Å². The molecule has 5 heteroatoms. The lowest BCUT2D eigenvalue weighted by atomic mass is 10.2. The minimum atomic E-state index is -0.408. The highest BCUT2D eigenvalue weighted by Gasteiger charge is 2.22. The van der Waals surface area contributed by atoms with Crippen molar-refractivity contribution in [1.82, 2.24) is 4.90 Å². The summed E-state index contributed by atoms with van der Waals surface area (Å²) in [7, 11) is 0. The summed E-state index contributed by atoms with van der Waals surface area (Å²) in [5.41, 5.74) is 0.816. The number of hydrogen-bond donors (Lipinski definition) is 0. The Morgan fingerprint density at radius 1 is 1.24 bits per heavy atom. The van der Waals surface area contributed by atoms with E-state index in [9.17, 15) is 4.79 Å². The molecule has 21 heavy (non-hydrogen) atoms. The van der Waals surface area contributed by atoms with Crippen molar-refractivity contribution in [2.75, 3.05) is 37.6 Å². The molecule has 0 spiro atoms. The van der Waals surface area contributed by atoms with Crippen LogP contribution >= 0.6 is 15.9 Å². The Bertz CT molecular complexity index is 491. The van der Waals surface area contributed by atoms with Gasteiger partial charge in [-0.15, -0.1) is 0 Å². The van der Waals surface area contributed by atoms with Gasteiger partial charge in [0.15, 0.2) is 0 Å². The Hall–Kier alpha value is -1.07. The van der Waals surface area contributed by atoms with E-state index in [4.69, 9.17) is 4.74 Å². The molecule has 0 atom stereocenters. The molecule has 116 valence electrons. The summed E-state index contributed by atoms with van der Waals surface area (Å²) in [5, 5.41) is 0. The largest absolute Gasteiger partial charge is 0.459 e. The van der Waals surface area contributed by atoms with Crippen LogP contribution in [0.3, 0.4) is 0 Å². The van der Waals surface area contributed by atoms with Crippen LogP contribution in [0.2, 0.25) is 0 Å². The quantitative estimate of drug-likeness (QED) is 0.781. The van der Waals surface area contributed by atoms with E-state index in [0.29, 0.717) is 6.54 Å². The van der Waals surface area contributed by atoms with Gasteiger partial charge in [0, 0.05) is 36.3 Å². The number of carbonyl (C=O) groups is 1. The summed E-state index contributed by atoms with van der Waals surface area (Å²) in [6, 6.07) is 8.33. The molecule has 0 bridgehead atoms. The van der Waals surface area contributed by atoms with E-state index < -0.39 is 5.60 Å². The van der Waals surface area contributed by atoms with Gasteiger partial charge in [-0.2, -0.15) is 0 Å². The second-order valence-electron chi connectivity index (χ2n) is 6.33. The summed E-state index contributed by atoms with van der Waals surface area (Å²) in [5.74, 6) is -0.140. The van der Waals surface area contributed by atoms with Gasteiger partial charge in [0.1, 0.15) is 5.60 Å². The Labute approximate surface area is 135 Å². The van der Waals surface area contributed by atoms with Crippen LogP contribution in [0.5, 0.6) is 0 Å². The molecule has 0 saturated carbocycles. The number of nitrogens with zero attached hydrogens (tertiary/aromatic N) is 2. The van der Waals surface area contributed by atoms with Crippen LogP contribution in [0.1, 0.15) is 20.8 Å². The highest BCUT2D eigenvalue weighted by Crippen LogP contribution is 2.21. The number of hydrogen-bond acceptors (Lipinski definition) is 4. The molecule has 1 heterocycles. The predicted molar refractivity (Wildman–Crippen MR) is 88.6 cm³/mol. The molecule has 1 saturated heterocycles. The number of benzene rings is 1. The van der Waals surface area contributed by atoms with Gasteiger partial charge in [-0.05, 0) is 39.0 Å². The van der Waals surface area contributed by atoms with Crippen molar-refractivity contribution in [2.24, 2.45) is 0 Å². The van der Waals surface area contributed by atoms with Gasteiger partial charge in [-0.1, -0.05) is 22.0 Å². The molecule has 1 aliphatic heterocycles. The monoisotopic (exact) mass is 354 g/mol. The van der Waals surface area contributed by atoms with Crippen LogP contribution in [0, 0.1) is 0 Å². The van der Waals surface area contributed by atoms with Crippen LogP contribution in [-0.4, -0.2) is 49.2 Å². The highest BCUT2D eigenvalue weighted by atomic mass is 79.9.